The zero-order valence-electron chi connectivity index (χ0n) is 14.4. The van der Waals surface area contributed by atoms with Crippen molar-refractivity contribution in [2.45, 2.75) is 53.5 Å². The van der Waals surface area contributed by atoms with Crippen LogP contribution in [0.15, 0.2) is 18.5 Å². The molecule has 3 nitrogen and oxygen atoms in total. The average molecular weight is 296 g/mol. The first-order valence-corrected chi connectivity index (χ1v) is 8.15. The van der Waals surface area contributed by atoms with Crippen LogP contribution in [0, 0.1) is 13.0 Å². The summed E-state index contributed by atoms with van der Waals surface area (Å²) in [5.41, 5.74) is 6.77. The van der Waals surface area contributed by atoms with Crippen molar-refractivity contribution >= 4 is 0 Å². The van der Waals surface area contributed by atoms with E-state index in [1.54, 1.807) is 7.05 Å². The largest absolute Gasteiger partial charge is 0.331 e. The van der Waals surface area contributed by atoms with E-state index in [9.17, 15) is 0 Å². The van der Waals surface area contributed by atoms with Crippen LogP contribution in [0.2, 0.25) is 0 Å². The first-order chi connectivity index (χ1) is 10.7. The molecule has 0 amide bonds. The second-order valence-electron chi connectivity index (χ2n) is 5.53. The fourth-order valence-electron chi connectivity index (χ4n) is 3.08. The molecule has 22 heavy (non-hydrogen) atoms. The van der Waals surface area contributed by atoms with Crippen molar-refractivity contribution in [3.05, 3.63) is 56.9 Å². The van der Waals surface area contributed by atoms with Gasteiger partial charge in [0.05, 0.1) is 0 Å². The van der Waals surface area contributed by atoms with Crippen LogP contribution < -0.4 is 0 Å². The predicted octanol–water partition coefficient (Wildman–Crippen LogP) is 4.24. The van der Waals surface area contributed by atoms with Gasteiger partial charge in [0.25, 0.3) is 7.05 Å². The van der Waals surface area contributed by atoms with Gasteiger partial charge in [-0.1, -0.05) is 31.7 Å². The van der Waals surface area contributed by atoms with Crippen molar-refractivity contribution in [2.75, 3.05) is 7.05 Å². The smallest absolute Gasteiger partial charge is 0.311 e. The van der Waals surface area contributed by atoms with Gasteiger partial charge in [0, 0.05) is 18.9 Å². The fourth-order valence-corrected chi connectivity index (χ4v) is 3.08. The highest BCUT2D eigenvalue weighted by atomic mass is 15.0. The van der Waals surface area contributed by atoms with E-state index in [4.69, 9.17) is 0 Å². The number of aromatic nitrogens is 2. The van der Waals surface area contributed by atoms with Crippen molar-refractivity contribution in [3.8, 4) is 6.07 Å². The molecule has 0 saturated carbocycles. The number of rotatable bonds is 5. The topological polar surface area (TPSA) is 22.2 Å². The lowest BCUT2D eigenvalue weighted by Crippen LogP contribution is -2.10. The Balaban J connectivity index is 2.66. The van der Waals surface area contributed by atoms with Crippen LogP contribution in [-0.4, -0.2) is 16.6 Å². The molecule has 1 aromatic carbocycles. The van der Waals surface area contributed by atoms with E-state index in [0.29, 0.717) is 0 Å². The van der Waals surface area contributed by atoms with Gasteiger partial charge in [-0.15, -0.1) is 0 Å². The Morgan fingerprint density at radius 3 is 2.32 bits per heavy atom. The highest BCUT2D eigenvalue weighted by Crippen LogP contribution is 2.26. The van der Waals surface area contributed by atoms with Crippen LogP contribution in [0.1, 0.15) is 54.4 Å². The number of nitrogens with zero attached hydrogens (tertiary/aromatic N) is 3. The quantitative estimate of drug-likeness (QED) is 0.809. The highest BCUT2D eigenvalue weighted by Gasteiger charge is 2.18. The molecule has 0 saturated heterocycles. The van der Waals surface area contributed by atoms with E-state index in [-0.39, 0.29) is 0 Å². The standard InChI is InChI=1S/C19H26N3/c1-6-15-11-16(7-2)19(13-22-10-9-21-14(22)4)17(8-3)18(15)12-20-5/h9-11H,6-8,13H2,1-5H3/q+1. The molecule has 0 fully saturated rings. The lowest BCUT2D eigenvalue weighted by molar-refractivity contribution is 0.743. The molecular formula is C19H26N3+. The summed E-state index contributed by atoms with van der Waals surface area (Å²) >= 11 is 0. The summed E-state index contributed by atoms with van der Waals surface area (Å²) in [5.74, 6) is 1.05. The maximum absolute atomic E-state index is 4.35. The number of benzene rings is 1. The molecule has 0 bridgehead atoms. The fraction of sp³-hybridized carbons (Fsp3) is 0.474. The van der Waals surface area contributed by atoms with Crippen molar-refractivity contribution in [1.29, 1.82) is 0 Å². The zero-order valence-corrected chi connectivity index (χ0v) is 14.4. The Labute approximate surface area is 133 Å². The van der Waals surface area contributed by atoms with Crippen LogP contribution in [0.25, 0.3) is 4.85 Å². The third-order valence-corrected chi connectivity index (χ3v) is 4.31. The Morgan fingerprint density at radius 1 is 1.09 bits per heavy atom. The third-order valence-electron chi connectivity index (χ3n) is 4.31. The zero-order chi connectivity index (χ0) is 16.1. The molecule has 0 aliphatic heterocycles. The Hall–Kier alpha value is -2.08. The maximum Gasteiger partial charge on any atom is 0.311 e. The maximum atomic E-state index is 4.35. The summed E-state index contributed by atoms with van der Waals surface area (Å²) in [4.78, 5) is 8.51. The normalized spacial score (nSPS) is 10.4. The highest BCUT2D eigenvalue weighted by molar-refractivity contribution is 5.53. The average Bonchev–Trinajstić information content (AvgIpc) is 2.93. The van der Waals surface area contributed by atoms with E-state index in [1.807, 2.05) is 6.20 Å². The van der Waals surface area contributed by atoms with E-state index in [1.165, 1.54) is 27.8 Å². The van der Waals surface area contributed by atoms with Crippen LogP contribution in [-0.2, 0) is 25.8 Å². The molecule has 3 heteroatoms. The van der Waals surface area contributed by atoms with E-state index in [0.717, 1.165) is 31.6 Å². The van der Waals surface area contributed by atoms with Gasteiger partial charge < -0.3 is 4.57 Å². The lowest BCUT2D eigenvalue weighted by Gasteiger charge is -2.18. The Kier molecular flexibility index (Phi) is 5.38. The van der Waals surface area contributed by atoms with Crippen LogP contribution >= 0.6 is 0 Å². The van der Waals surface area contributed by atoms with Gasteiger partial charge >= 0.3 is 6.07 Å². The second kappa shape index (κ2) is 7.26. The molecule has 0 aliphatic rings. The Morgan fingerprint density at radius 2 is 1.82 bits per heavy atom. The van der Waals surface area contributed by atoms with E-state index < -0.39 is 0 Å². The number of imidazole rings is 1. The van der Waals surface area contributed by atoms with Crippen molar-refractivity contribution in [1.82, 2.24) is 9.55 Å². The SMILES string of the molecule is CCc1cc(CC)c(Cn2ccnc2C)c(CC)c1C#[N+]C. The molecule has 0 aliphatic carbocycles. The summed E-state index contributed by atoms with van der Waals surface area (Å²) < 4.78 is 2.21. The molecule has 1 heterocycles. The summed E-state index contributed by atoms with van der Waals surface area (Å²) in [6.07, 6.45) is 6.99. The Bertz CT molecular complexity index is 714. The van der Waals surface area contributed by atoms with Crippen molar-refractivity contribution in [2.24, 2.45) is 0 Å². The van der Waals surface area contributed by atoms with Crippen LogP contribution in [0.4, 0.5) is 0 Å². The number of hydrogen-bond acceptors (Lipinski definition) is 1. The molecule has 116 valence electrons. The van der Waals surface area contributed by atoms with Crippen molar-refractivity contribution < 1.29 is 0 Å². The summed E-state index contributed by atoms with van der Waals surface area (Å²) in [7, 11) is 1.80. The lowest BCUT2D eigenvalue weighted by atomic mass is 9.88. The van der Waals surface area contributed by atoms with Gasteiger partial charge in [0.2, 0.25) is 0 Å². The van der Waals surface area contributed by atoms with Crippen LogP contribution in [0.5, 0.6) is 0 Å². The minimum Gasteiger partial charge on any atom is -0.331 e. The predicted molar refractivity (Wildman–Crippen MR) is 92.9 cm³/mol. The second-order valence-corrected chi connectivity index (χ2v) is 5.53. The molecule has 0 N–H and O–H groups in total. The number of aryl methyl sites for hydroxylation is 3. The van der Waals surface area contributed by atoms with Crippen LogP contribution in [0.3, 0.4) is 0 Å². The first kappa shape index (κ1) is 16.3. The summed E-state index contributed by atoms with van der Waals surface area (Å²) in [5, 5.41) is 0. The van der Waals surface area contributed by atoms with Crippen molar-refractivity contribution in [3.63, 3.8) is 0 Å². The third kappa shape index (κ3) is 3.06. The molecule has 0 radical (unpaired) electrons. The van der Waals surface area contributed by atoms with Gasteiger partial charge in [-0.05, 0) is 48.4 Å². The minimum absolute atomic E-state index is 0.876. The molecule has 2 rings (SSSR count). The van der Waals surface area contributed by atoms with E-state index >= 15 is 0 Å². The molecule has 0 spiro atoms. The van der Waals surface area contributed by atoms with Gasteiger partial charge in [-0.25, -0.2) is 4.98 Å². The molecule has 2 aromatic rings. The first-order valence-electron chi connectivity index (χ1n) is 8.15. The molecule has 1 aromatic heterocycles. The van der Waals surface area contributed by atoms with Gasteiger partial charge in [-0.2, -0.15) is 0 Å². The van der Waals surface area contributed by atoms with Gasteiger partial charge in [0.15, 0.2) is 0 Å². The van der Waals surface area contributed by atoms with Gasteiger partial charge in [-0.3, -0.25) is 0 Å². The van der Waals surface area contributed by atoms with Gasteiger partial charge in [0.1, 0.15) is 11.4 Å². The summed E-state index contributed by atoms with van der Waals surface area (Å²) in [6.45, 7) is 9.59. The number of hydrogen-bond donors (Lipinski definition) is 0. The molecular weight excluding hydrogens is 270 g/mol. The molecule has 0 atom stereocenters. The molecule has 0 unspecified atom stereocenters. The summed E-state index contributed by atoms with van der Waals surface area (Å²) in [6, 6.07) is 5.57. The van der Waals surface area contributed by atoms with E-state index in [2.05, 4.69) is 60.4 Å². The minimum atomic E-state index is 0.876. The monoisotopic (exact) mass is 296 g/mol.